The first-order valence-electron chi connectivity index (χ1n) is 14.3. The Morgan fingerprint density at radius 3 is 2.08 bits per heavy atom. The summed E-state index contributed by atoms with van der Waals surface area (Å²) in [6, 6.07) is 30.9. The fraction of sp³-hybridized carbons (Fsp3) is 0.211. The molecular formula is C38H33NO. The van der Waals surface area contributed by atoms with Crippen LogP contribution in [0.2, 0.25) is 0 Å². The topological polar surface area (TPSA) is 25.2 Å². The van der Waals surface area contributed by atoms with Gasteiger partial charge in [0.1, 0.15) is 11.2 Å². The van der Waals surface area contributed by atoms with Crippen molar-refractivity contribution in [1.82, 2.24) is 0 Å². The third kappa shape index (κ3) is 2.84. The van der Waals surface area contributed by atoms with Crippen molar-refractivity contribution in [2.24, 2.45) is 0 Å². The number of anilines is 2. The van der Waals surface area contributed by atoms with Crippen molar-refractivity contribution in [3.63, 3.8) is 0 Å². The van der Waals surface area contributed by atoms with Gasteiger partial charge in [-0.15, -0.1) is 0 Å². The van der Waals surface area contributed by atoms with Crippen molar-refractivity contribution in [1.29, 1.82) is 0 Å². The molecule has 0 atom stereocenters. The van der Waals surface area contributed by atoms with Crippen molar-refractivity contribution in [3.05, 3.63) is 118 Å². The van der Waals surface area contributed by atoms with E-state index in [2.05, 4.69) is 132 Å². The zero-order chi connectivity index (χ0) is 27.6. The smallest absolute Gasteiger partial charge is 0.144 e. The minimum absolute atomic E-state index is 0.137. The normalized spacial score (nSPS) is 15.7. The van der Waals surface area contributed by atoms with Gasteiger partial charge in [0.15, 0.2) is 0 Å². The molecule has 2 aliphatic rings. The van der Waals surface area contributed by atoms with Crippen molar-refractivity contribution in [2.75, 3.05) is 5.32 Å². The number of benzene rings is 5. The molecule has 6 aromatic rings. The number of nitrogens with one attached hydrogen (secondary N) is 1. The second-order valence-corrected chi connectivity index (χ2v) is 12.8. The summed E-state index contributed by atoms with van der Waals surface area (Å²) in [6.07, 6.45) is 0. The molecule has 1 aromatic heterocycles. The first kappa shape index (κ1) is 23.6. The van der Waals surface area contributed by atoms with Gasteiger partial charge in [-0.25, -0.2) is 0 Å². The standard InChI is InChI=1S/C38H33NO/c1-21-12-11-13-22(2)35(21)39-23-18-19-25-28(20-23)38(5,6)33-30(25)31-26-15-8-10-17-29(26)40-36(31)32-24-14-7-9-16-27(24)37(3,4)34(32)33/h7-20,39H,1-6H3. The maximum atomic E-state index is 6.77. The summed E-state index contributed by atoms with van der Waals surface area (Å²) >= 11 is 0. The molecule has 2 heteroatoms. The Morgan fingerprint density at radius 2 is 1.27 bits per heavy atom. The van der Waals surface area contributed by atoms with Crippen LogP contribution < -0.4 is 5.32 Å². The molecule has 0 saturated heterocycles. The molecule has 0 spiro atoms. The van der Waals surface area contributed by atoms with E-state index in [0.717, 1.165) is 16.9 Å². The molecule has 5 aromatic carbocycles. The van der Waals surface area contributed by atoms with Gasteiger partial charge in [0.2, 0.25) is 0 Å². The van der Waals surface area contributed by atoms with E-state index in [-0.39, 0.29) is 10.8 Å². The molecule has 0 unspecified atom stereocenters. The molecule has 196 valence electrons. The predicted molar refractivity (Wildman–Crippen MR) is 168 cm³/mol. The van der Waals surface area contributed by atoms with Crippen molar-refractivity contribution < 1.29 is 4.42 Å². The number of fused-ring (bicyclic) bond motifs is 12. The summed E-state index contributed by atoms with van der Waals surface area (Å²) in [5.74, 6) is 0. The largest absolute Gasteiger partial charge is 0.455 e. The molecule has 2 aliphatic carbocycles. The molecule has 1 heterocycles. The Bertz CT molecular complexity index is 2030. The van der Waals surface area contributed by atoms with Crippen LogP contribution in [0.15, 0.2) is 89.3 Å². The number of para-hydroxylation sites is 2. The predicted octanol–water partition coefficient (Wildman–Crippen LogP) is 10.6. The minimum Gasteiger partial charge on any atom is -0.455 e. The molecule has 0 bridgehead atoms. The van der Waals surface area contributed by atoms with Gasteiger partial charge < -0.3 is 9.73 Å². The monoisotopic (exact) mass is 519 g/mol. The SMILES string of the molecule is Cc1cccc(C)c1Nc1ccc2c(c1)C(C)(C)c1c3c(c4oc5ccccc5c4c1-2)-c1ccccc1C3(C)C. The lowest BCUT2D eigenvalue weighted by atomic mass is 9.72. The highest BCUT2D eigenvalue weighted by Crippen LogP contribution is 2.63. The Hall–Kier alpha value is -4.30. The summed E-state index contributed by atoms with van der Waals surface area (Å²) in [4.78, 5) is 0. The van der Waals surface area contributed by atoms with Gasteiger partial charge in [-0.3, -0.25) is 0 Å². The second kappa shape index (κ2) is 7.67. The lowest BCUT2D eigenvalue weighted by Gasteiger charge is -2.31. The summed E-state index contributed by atoms with van der Waals surface area (Å²) in [5, 5.41) is 6.20. The molecule has 0 fully saturated rings. The molecule has 2 nitrogen and oxygen atoms in total. The average molecular weight is 520 g/mol. The second-order valence-electron chi connectivity index (χ2n) is 12.8. The highest BCUT2D eigenvalue weighted by atomic mass is 16.3. The molecule has 0 saturated carbocycles. The number of hydrogen-bond acceptors (Lipinski definition) is 2. The van der Waals surface area contributed by atoms with E-state index in [0.29, 0.717) is 0 Å². The molecule has 0 aliphatic heterocycles. The highest BCUT2D eigenvalue weighted by molar-refractivity contribution is 6.20. The van der Waals surface area contributed by atoms with Crippen LogP contribution in [-0.4, -0.2) is 0 Å². The van der Waals surface area contributed by atoms with Crippen LogP contribution in [0.1, 0.15) is 61.1 Å². The van der Waals surface area contributed by atoms with Gasteiger partial charge in [-0.05, 0) is 82.1 Å². The Labute approximate surface area is 235 Å². The van der Waals surface area contributed by atoms with E-state index in [1.54, 1.807) is 0 Å². The van der Waals surface area contributed by atoms with Crippen LogP contribution in [-0.2, 0) is 10.8 Å². The zero-order valence-corrected chi connectivity index (χ0v) is 24.0. The number of furan rings is 1. The third-order valence-electron chi connectivity index (χ3n) is 9.66. The first-order chi connectivity index (χ1) is 19.2. The van der Waals surface area contributed by atoms with E-state index in [4.69, 9.17) is 4.42 Å². The van der Waals surface area contributed by atoms with E-state index < -0.39 is 0 Å². The fourth-order valence-corrected chi connectivity index (χ4v) is 7.76. The lowest BCUT2D eigenvalue weighted by Crippen LogP contribution is -2.24. The summed E-state index contributed by atoms with van der Waals surface area (Å²) in [5.41, 5.74) is 17.3. The Morgan fingerprint density at radius 1 is 0.625 bits per heavy atom. The maximum absolute atomic E-state index is 6.77. The van der Waals surface area contributed by atoms with Crippen LogP contribution in [0.25, 0.3) is 44.2 Å². The minimum atomic E-state index is -0.181. The Kier molecular flexibility index (Phi) is 4.52. The van der Waals surface area contributed by atoms with Gasteiger partial charge in [0.05, 0.1) is 0 Å². The average Bonchev–Trinajstić information content (AvgIpc) is 3.51. The molecule has 0 amide bonds. The van der Waals surface area contributed by atoms with E-state index >= 15 is 0 Å². The fourth-order valence-electron chi connectivity index (χ4n) is 7.76. The first-order valence-corrected chi connectivity index (χ1v) is 14.3. The number of hydrogen-bond donors (Lipinski definition) is 1. The van der Waals surface area contributed by atoms with Crippen LogP contribution in [0.5, 0.6) is 0 Å². The molecule has 0 radical (unpaired) electrons. The van der Waals surface area contributed by atoms with E-state index in [1.807, 2.05) is 0 Å². The van der Waals surface area contributed by atoms with Crippen LogP contribution in [0, 0.1) is 13.8 Å². The van der Waals surface area contributed by atoms with Gasteiger partial charge in [-0.2, -0.15) is 0 Å². The van der Waals surface area contributed by atoms with Gasteiger partial charge in [-0.1, -0.05) is 94.4 Å². The number of rotatable bonds is 2. The quantitative estimate of drug-likeness (QED) is 0.246. The number of aryl methyl sites for hydroxylation is 2. The van der Waals surface area contributed by atoms with Crippen LogP contribution in [0.4, 0.5) is 11.4 Å². The third-order valence-corrected chi connectivity index (χ3v) is 9.66. The summed E-state index contributed by atoms with van der Waals surface area (Å²) in [6.45, 7) is 13.9. The van der Waals surface area contributed by atoms with Gasteiger partial charge in [0, 0.05) is 38.5 Å². The Balaban J connectivity index is 1.47. The van der Waals surface area contributed by atoms with Crippen molar-refractivity contribution in [3.8, 4) is 22.3 Å². The van der Waals surface area contributed by atoms with E-state index in [1.165, 1.54) is 72.1 Å². The zero-order valence-electron chi connectivity index (χ0n) is 24.0. The molecule has 1 N–H and O–H groups in total. The van der Waals surface area contributed by atoms with Crippen LogP contribution >= 0.6 is 0 Å². The summed E-state index contributed by atoms with van der Waals surface area (Å²) in [7, 11) is 0. The van der Waals surface area contributed by atoms with Gasteiger partial charge >= 0.3 is 0 Å². The highest BCUT2D eigenvalue weighted by Gasteiger charge is 2.48. The molecule has 40 heavy (non-hydrogen) atoms. The lowest BCUT2D eigenvalue weighted by molar-refractivity contribution is 0.600. The van der Waals surface area contributed by atoms with Crippen LogP contribution in [0.3, 0.4) is 0 Å². The summed E-state index contributed by atoms with van der Waals surface area (Å²) < 4.78 is 6.77. The maximum Gasteiger partial charge on any atom is 0.144 e. The molecule has 8 rings (SSSR count). The van der Waals surface area contributed by atoms with Gasteiger partial charge in [0.25, 0.3) is 0 Å². The van der Waals surface area contributed by atoms with Crippen molar-refractivity contribution >= 4 is 33.3 Å². The van der Waals surface area contributed by atoms with Crippen molar-refractivity contribution in [2.45, 2.75) is 52.4 Å². The molecular weight excluding hydrogens is 486 g/mol. The van der Waals surface area contributed by atoms with E-state index in [9.17, 15) is 0 Å².